The molecule has 0 N–H and O–H groups in total. The van der Waals surface area contributed by atoms with Crippen LogP contribution in [0.15, 0.2) is 182 Å². The maximum Gasteiger partial charge on any atom is 0.333 e. The van der Waals surface area contributed by atoms with Gasteiger partial charge in [0, 0.05) is 50.2 Å². The van der Waals surface area contributed by atoms with Crippen LogP contribution in [-0.4, -0.2) is 11.4 Å². The number of rotatable bonds is 4. The Kier molecular flexibility index (Phi) is 5.76. The van der Waals surface area contributed by atoms with Crippen molar-refractivity contribution in [1.82, 2.24) is 4.57 Å². The van der Waals surface area contributed by atoms with E-state index in [0.29, 0.717) is 0 Å². The molecule has 0 saturated heterocycles. The number of fused-ring (bicyclic) bond motifs is 10. The molecule has 3 nitrogen and oxygen atoms in total. The molecule has 0 fully saturated rings. The van der Waals surface area contributed by atoms with Crippen LogP contribution in [0.1, 0.15) is 0 Å². The quantitative estimate of drug-likeness (QED) is 0.178. The van der Waals surface area contributed by atoms with Gasteiger partial charge in [-0.2, -0.15) is 0 Å². The zero-order valence-electron chi connectivity index (χ0n) is 27.2. The van der Waals surface area contributed by atoms with Gasteiger partial charge < -0.3 is 14.3 Å². The highest BCUT2D eigenvalue weighted by Crippen LogP contribution is 2.50. The van der Waals surface area contributed by atoms with Crippen LogP contribution in [0.5, 0.6) is 0 Å². The van der Waals surface area contributed by atoms with Gasteiger partial charge in [-0.3, -0.25) is 0 Å². The molecule has 232 valence electrons. The van der Waals surface area contributed by atoms with Gasteiger partial charge in [0.2, 0.25) is 0 Å². The number of para-hydroxylation sites is 5. The van der Waals surface area contributed by atoms with Crippen molar-refractivity contribution in [2.75, 3.05) is 9.71 Å². The molecule has 0 amide bonds. The smallest absolute Gasteiger partial charge is 0.333 e. The van der Waals surface area contributed by atoms with Crippen LogP contribution in [-0.2, 0) is 0 Å². The van der Waals surface area contributed by atoms with Crippen LogP contribution in [0.4, 0.5) is 28.4 Å². The average Bonchev–Trinajstić information content (AvgIpc) is 3.55. The minimum Gasteiger partial charge on any atom is -0.376 e. The van der Waals surface area contributed by atoms with Crippen molar-refractivity contribution >= 4 is 78.8 Å². The van der Waals surface area contributed by atoms with Gasteiger partial charge in [0.15, 0.2) is 0 Å². The molecule has 3 heterocycles. The van der Waals surface area contributed by atoms with Crippen LogP contribution in [0, 0.1) is 0 Å². The largest absolute Gasteiger partial charge is 0.376 e. The Bertz CT molecular complexity index is 2730. The van der Waals surface area contributed by atoms with E-state index < -0.39 is 0 Å². The fraction of sp³-hybridized carbons (Fsp3) is 0. The average molecular weight is 636 g/mol. The van der Waals surface area contributed by atoms with Crippen molar-refractivity contribution in [3.63, 3.8) is 0 Å². The van der Waals surface area contributed by atoms with E-state index in [2.05, 4.69) is 196 Å². The summed E-state index contributed by atoms with van der Waals surface area (Å²) in [5, 5.41) is 5.03. The summed E-state index contributed by atoms with van der Waals surface area (Å²) in [5.41, 5.74) is 14.8. The summed E-state index contributed by atoms with van der Waals surface area (Å²) in [7, 11) is 0. The maximum absolute atomic E-state index is 2.59. The molecular formula is C46H30BN3. The third kappa shape index (κ3) is 3.70. The summed E-state index contributed by atoms with van der Waals surface area (Å²) in [6.07, 6.45) is 0. The van der Waals surface area contributed by atoms with E-state index in [4.69, 9.17) is 0 Å². The second-order valence-corrected chi connectivity index (χ2v) is 13.3. The van der Waals surface area contributed by atoms with Gasteiger partial charge in [0.1, 0.15) is 0 Å². The third-order valence-electron chi connectivity index (χ3n) is 10.7. The molecule has 0 saturated carbocycles. The van der Waals surface area contributed by atoms with Crippen molar-refractivity contribution in [2.45, 2.75) is 0 Å². The van der Waals surface area contributed by atoms with Crippen LogP contribution in [0.2, 0.25) is 0 Å². The summed E-state index contributed by atoms with van der Waals surface area (Å²) in [4.78, 5) is 5.03. The first kappa shape index (κ1) is 27.4. The highest BCUT2D eigenvalue weighted by Gasteiger charge is 2.44. The number of hydrogen-bond acceptors (Lipinski definition) is 2. The van der Waals surface area contributed by atoms with Crippen molar-refractivity contribution < 1.29 is 0 Å². The molecular weight excluding hydrogens is 605 g/mol. The fourth-order valence-corrected chi connectivity index (χ4v) is 8.75. The van der Waals surface area contributed by atoms with Gasteiger partial charge >= 0.3 is 6.85 Å². The van der Waals surface area contributed by atoms with E-state index in [9.17, 15) is 0 Å². The predicted molar refractivity (Wildman–Crippen MR) is 212 cm³/mol. The molecule has 0 atom stereocenters. The minimum absolute atomic E-state index is 0.0139. The first-order chi connectivity index (χ1) is 24.9. The second-order valence-electron chi connectivity index (χ2n) is 13.3. The number of anilines is 5. The first-order valence-corrected chi connectivity index (χ1v) is 17.3. The number of aromatic nitrogens is 1. The van der Waals surface area contributed by atoms with Crippen molar-refractivity contribution in [3.05, 3.63) is 182 Å². The van der Waals surface area contributed by atoms with Gasteiger partial charge in [-0.05, 0) is 76.5 Å². The minimum atomic E-state index is -0.0139. The normalized spacial score (nSPS) is 12.7. The molecule has 0 aliphatic carbocycles. The SMILES string of the molecule is c1ccc(N2B3c4ccccc4-n4c5c3c(cc(N(c3ccccc3)c3ccccc3)c5c3ccc5ccccc5c34)-c3ccccc32)cc1. The molecule has 2 aliphatic rings. The lowest BCUT2D eigenvalue weighted by Crippen LogP contribution is -2.60. The van der Waals surface area contributed by atoms with E-state index in [-0.39, 0.29) is 6.85 Å². The van der Waals surface area contributed by atoms with Gasteiger partial charge in [-0.25, -0.2) is 0 Å². The Labute approximate surface area is 291 Å². The van der Waals surface area contributed by atoms with E-state index in [0.717, 1.165) is 11.4 Å². The van der Waals surface area contributed by atoms with E-state index in [1.807, 2.05) is 0 Å². The highest BCUT2D eigenvalue weighted by molar-refractivity contribution is 6.93. The summed E-state index contributed by atoms with van der Waals surface area (Å²) in [5.74, 6) is 0. The van der Waals surface area contributed by atoms with E-state index >= 15 is 0 Å². The number of hydrogen-bond donors (Lipinski definition) is 0. The Balaban J connectivity index is 1.39. The summed E-state index contributed by atoms with van der Waals surface area (Å²) in [6.45, 7) is -0.0139. The molecule has 8 aromatic carbocycles. The highest BCUT2D eigenvalue weighted by atomic mass is 15.2. The van der Waals surface area contributed by atoms with Gasteiger partial charge in [-0.15, -0.1) is 0 Å². The molecule has 0 bridgehead atoms. The van der Waals surface area contributed by atoms with E-state index in [1.165, 1.54) is 77.4 Å². The molecule has 0 spiro atoms. The van der Waals surface area contributed by atoms with Gasteiger partial charge in [0.25, 0.3) is 0 Å². The Hall–Kier alpha value is -6.52. The molecule has 0 unspecified atom stereocenters. The molecule has 11 rings (SSSR count). The zero-order chi connectivity index (χ0) is 32.8. The number of nitrogens with zero attached hydrogens (tertiary/aromatic N) is 3. The lowest BCUT2D eigenvalue weighted by Gasteiger charge is -2.42. The lowest BCUT2D eigenvalue weighted by atomic mass is 9.44. The summed E-state index contributed by atoms with van der Waals surface area (Å²) < 4.78 is 2.59. The van der Waals surface area contributed by atoms with Crippen LogP contribution in [0.25, 0.3) is 49.4 Å². The molecule has 0 radical (unpaired) electrons. The molecule has 9 aromatic rings. The van der Waals surface area contributed by atoms with Crippen molar-refractivity contribution in [3.8, 4) is 16.8 Å². The zero-order valence-corrected chi connectivity index (χ0v) is 27.2. The Morgan fingerprint density at radius 3 is 1.84 bits per heavy atom. The first-order valence-electron chi connectivity index (χ1n) is 17.3. The fourth-order valence-electron chi connectivity index (χ4n) is 8.75. The monoisotopic (exact) mass is 635 g/mol. The standard InChI is InChI=1S/C46H30BN3/c1-4-17-32(18-5-1)48(33-19-6-2-7-20-33)42-30-38-36-24-12-14-26-40(36)50(34-21-8-3-9-22-34)47-39-25-13-15-27-41(39)49-45-35-23-11-10-16-31(35)28-29-37(45)43(42)46(49)44(38)47/h1-30H. The summed E-state index contributed by atoms with van der Waals surface area (Å²) in [6, 6.07) is 66.6. The van der Waals surface area contributed by atoms with E-state index in [1.54, 1.807) is 0 Å². The topological polar surface area (TPSA) is 11.4 Å². The maximum atomic E-state index is 2.59. The molecule has 4 heteroatoms. The van der Waals surface area contributed by atoms with Gasteiger partial charge in [-0.1, -0.05) is 127 Å². The lowest BCUT2D eigenvalue weighted by molar-refractivity contribution is 1.19. The molecule has 2 aliphatic heterocycles. The van der Waals surface area contributed by atoms with Gasteiger partial charge in [0.05, 0.1) is 16.7 Å². The van der Waals surface area contributed by atoms with Crippen molar-refractivity contribution in [2.24, 2.45) is 0 Å². The Morgan fingerprint density at radius 2 is 1.08 bits per heavy atom. The third-order valence-corrected chi connectivity index (χ3v) is 10.7. The molecule has 50 heavy (non-hydrogen) atoms. The predicted octanol–water partition coefficient (Wildman–Crippen LogP) is 10.6. The van der Waals surface area contributed by atoms with Crippen LogP contribution >= 0.6 is 0 Å². The number of benzene rings is 8. The van der Waals surface area contributed by atoms with Crippen LogP contribution < -0.4 is 20.6 Å². The van der Waals surface area contributed by atoms with Crippen molar-refractivity contribution in [1.29, 1.82) is 0 Å². The Morgan fingerprint density at radius 1 is 0.460 bits per heavy atom. The van der Waals surface area contributed by atoms with Crippen LogP contribution in [0.3, 0.4) is 0 Å². The summed E-state index contributed by atoms with van der Waals surface area (Å²) >= 11 is 0. The molecule has 1 aromatic heterocycles. The second kappa shape index (κ2) is 10.5.